The molecule has 2 aliphatic heterocycles. The highest BCUT2D eigenvalue weighted by Gasteiger charge is 2.57. The molecule has 7 rings (SSSR count). The topological polar surface area (TPSA) is 104 Å². The number of hydrogen-bond donors (Lipinski definition) is 1. The van der Waals surface area contributed by atoms with E-state index in [0.29, 0.717) is 26.7 Å². The Labute approximate surface area is 283 Å². The number of ether oxygens (including phenoxy) is 1. The minimum absolute atomic E-state index is 0.00295. The molecule has 2 saturated heterocycles. The lowest BCUT2D eigenvalue weighted by atomic mass is 9.59. The van der Waals surface area contributed by atoms with Crippen LogP contribution in [0.25, 0.3) is 0 Å². The summed E-state index contributed by atoms with van der Waals surface area (Å²) in [5, 5.41) is 10.6. The van der Waals surface area contributed by atoms with Crippen LogP contribution in [0.1, 0.15) is 42.7 Å². The summed E-state index contributed by atoms with van der Waals surface area (Å²) in [5.41, 5.74) is 3.60. The first kappa shape index (κ1) is 30.6. The molecule has 4 atom stereocenters. The van der Waals surface area contributed by atoms with Crippen molar-refractivity contribution in [1.29, 1.82) is 0 Å². The molecule has 232 valence electrons. The summed E-state index contributed by atoms with van der Waals surface area (Å²) in [6, 6.07) is 13.6. The van der Waals surface area contributed by atoms with E-state index >= 15 is 0 Å². The molecule has 5 aliphatic rings. The van der Waals surface area contributed by atoms with Gasteiger partial charge in [-0.15, -0.1) is 0 Å². The minimum atomic E-state index is -0.603. The van der Waals surface area contributed by atoms with E-state index in [9.17, 15) is 24.3 Å². The molecule has 2 fully saturated rings. The van der Waals surface area contributed by atoms with Gasteiger partial charge in [0.25, 0.3) is 0 Å². The molecule has 3 aliphatic carbocycles. The summed E-state index contributed by atoms with van der Waals surface area (Å²) in [4.78, 5) is 59.2. The first-order chi connectivity index (χ1) is 21.7. The van der Waals surface area contributed by atoms with Gasteiger partial charge in [-0.25, -0.2) is 0 Å². The lowest BCUT2D eigenvalue weighted by Gasteiger charge is -2.42. The van der Waals surface area contributed by atoms with E-state index in [2.05, 4.69) is 33.0 Å². The second-order valence-corrected chi connectivity index (χ2v) is 14.5. The third kappa shape index (κ3) is 5.13. The van der Waals surface area contributed by atoms with Crippen molar-refractivity contribution in [1.82, 2.24) is 9.80 Å². The molecule has 0 aromatic heterocycles. The van der Waals surface area contributed by atoms with Gasteiger partial charge in [-0.2, -0.15) is 0 Å². The van der Waals surface area contributed by atoms with E-state index in [1.54, 1.807) is 17.0 Å². The molecule has 0 spiro atoms. The van der Waals surface area contributed by atoms with Crippen LogP contribution in [0.3, 0.4) is 0 Å². The van der Waals surface area contributed by atoms with Gasteiger partial charge in [0, 0.05) is 48.8 Å². The fourth-order valence-electron chi connectivity index (χ4n) is 8.06. The second-order valence-electron chi connectivity index (χ2n) is 12.5. The maximum absolute atomic E-state index is 14.3. The van der Waals surface area contributed by atoms with Crippen molar-refractivity contribution in [3.63, 3.8) is 0 Å². The summed E-state index contributed by atoms with van der Waals surface area (Å²) in [6.45, 7) is 2.44. The number of methoxy groups -OCH3 is 1. The molecule has 0 saturated carbocycles. The Hall–Kier alpha value is -3.09. The largest absolute Gasteiger partial charge is 0.504 e. The average Bonchev–Trinajstić information content (AvgIpc) is 3.30. The number of amides is 2. The molecular formula is C35H32BrIN2O6. The summed E-state index contributed by atoms with van der Waals surface area (Å²) in [7, 11) is 1.46. The molecule has 8 nitrogen and oxygen atoms in total. The number of piperidine rings is 1. The van der Waals surface area contributed by atoms with Gasteiger partial charge < -0.3 is 9.84 Å². The van der Waals surface area contributed by atoms with Gasteiger partial charge in [0.05, 0.1) is 27.0 Å². The van der Waals surface area contributed by atoms with Gasteiger partial charge in [-0.3, -0.25) is 29.0 Å². The molecule has 2 amide bonds. The number of benzene rings is 2. The van der Waals surface area contributed by atoms with Crippen molar-refractivity contribution in [2.24, 2.45) is 17.8 Å². The quantitative estimate of drug-likeness (QED) is 0.187. The number of hydrogen-bond acceptors (Lipinski definition) is 7. The van der Waals surface area contributed by atoms with Crippen molar-refractivity contribution in [2.45, 2.75) is 44.2 Å². The van der Waals surface area contributed by atoms with E-state index in [0.717, 1.165) is 38.0 Å². The van der Waals surface area contributed by atoms with Crippen LogP contribution in [0.15, 0.2) is 75.8 Å². The molecule has 10 heteroatoms. The van der Waals surface area contributed by atoms with Crippen molar-refractivity contribution in [3.8, 4) is 11.5 Å². The summed E-state index contributed by atoms with van der Waals surface area (Å²) >= 11 is 5.31. The van der Waals surface area contributed by atoms with Crippen LogP contribution in [-0.2, 0) is 25.7 Å². The smallest absolute Gasteiger partial charge is 0.233 e. The maximum atomic E-state index is 14.3. The van der Waals surface area contributed by atoms with Gasteiger partial charge in [-0.1, -0.05) is 42.0 Å². The Balaban J connectivity index is 1.21. The fraction of sp³-hybridized carbons (Fsp3) is 0.371. The first-order valence-electron chi connectivity index (χ1n) is 15.3. The van der Waals surface area contributed by atoms with Crippen LogP contribution >= 0.6 is 38.5 Å². The van der Waals surface area contributed by atoms with Crippen LogP contribution in [0, 0.1) is 21.3 Å². The zero-order valence-corrected chi connectivity index (χ0v) is 28.4. The van der Waals surface area contributed by atoms with E-state index in [4.69, 9.17) is 4.74 Å². The molecule has 1 N–H and O–H groups in total. The summed E-state index contributed by atoms with van der Waals surface area (Å²) < 4.78 is 6.19. The number of rotatable bonds is 5. The number of carbonyl (C=O) groups is 4. The summed E-state index contributed by atoms with van der Waals surface area (Å²) in [6.07, 6.45) is 5.42. The zero-order chi connectivity index (χ0) is 31.6. The van der Waals surface area contributed by atoms with E-state index in [-0.39, 0.29) is 51.8 Å². The van der Waals surface area contributed by atoms with Gasteiger partial charge in [-0.05, 0) is 93.4 Å². The Morgan fingerprint density at radius 3 is 2.47 bits per heavy atom. The Morgan fingerprint density at radius 2 is 1.76 bits per heavy atom. The van der Waals surface area contributed by atoms with Crippen LogP contribution in [-0.4, -0.2) is 64.5 Å². The van der Waals surface area contributed by atoms with Crippen molar-refractivity contribution >= 4 is 61.9 Å². The highest BCUT2D eigenvalue weighted by Crippen LogP contribution is 2.56. The Morgan fingerprint density at radius 1 is 1.02 bits per heavy atom. The van der Waals surface area contributed by atoms with E-state index in [1.807, 2.05) is 46.9 Å². The fourth-order valence-corrected chi connectivity index (χ4v) is 9.14. The molecule has 2 aromatic carbocycles. The molecule has 0 unspecified atom stereocenters. The number of likely N-dealkylation sites (tertiary alicyclic amines) is 2. The standard InChI is InChI=1S/C35H32BrIN2O6/c1-45-28-14-19(13-26(37)33(28)42)29-21-7-8-22-30(23(21)15-24-31(29)27(40)16-25(36)32(24)41)35(44)39(34(22)43)20-9-11-38(12-10-20)17-18-5-3-2-4-6-18/h2-7,13-14,16,20,22-23,29-30,42H,8-12,15,17H2,1H3/t22-,23+,29-,30-/m0/s1. The normalized spacial score (nSPS) is 27.2. The predicted octanol–water partition coefficient (Wildman–Crippen LogP) is 5.43. The van der Waals surface area contributed by atoms with Crippen LogP contribution in [0.2, 0.25) is 0 Å². The minimum Gasteiger partial charge on any atom is -0.504 e. The van der Waals surface area contributed by atoms with Crippen LogP contribution in [0.5, 0.6) is 11.5 Å². The lowest BCUT2D eigenvalue weighted by Crippen LogP contribution is -2.47. The molecule has 45 heavy (non-hydrogen) atoms. The predicted molar refractivity (Wildman–Crippen MR) is 179 cm³/mol. The van der Waals surface area contributed by atoms with Crippen molar-refractivity contribution in [2.75, 3.05) is 20.2 Å². The van der Waals surface area contributed by atoms with Gasteiger partial charge in [0.15, 0.2) is 23.1 Å². The number of nitrogens with zero attached hydrogens (tertiary/aromatic N) is 2. The van der Waals surface area contributed by atoms with Crippen LogP contribution < -0.4 is 4.74 Å². The number of carbonyl (C=O) groups excluding carboxylic acids is 4. The van der Waals surface area contributed by atoms with Crippen molar-refractivity contribution in [3.05, 3.63) is 90.5 Å². The number of aromatic hydroxyl groups is 1. The first-order valence-corrected chi connectivity index (χ1v) is 17.1. The highest BCUT2D eigenvalue weighted by molar-refractivity contribution is 14.1. The monoisotopic (exact) mass is 782 g/mol. The number of phenols is 1. The maximum Gasteiger partial charge on any atom is 0.233 e. The zero-order valence-electron chi connectivity index (χ0n) is 24.7. The number of halogens is 2. The average molecular weight is 783 g/mol. The number of phenolic OH excluding ortho intramolecular Hbond substituents is 1. The molecule has 0 bridgehead atoms. The molecular weight excluding hydrogens is 751 g/mol. The lowest BCUT2D eigenvalue weighted by molar-refractivity contribution is -0.144. The van der Waals surface area contributed by atoms with Crippen LogP contribution in [0.4, 0.5) is 0 Å². The SMILES string of the molecule is COc1cc([C@H]2C3=CC[C@@H]4C(=O)N(C5CCN(Cc6ccccc6)CC5)C(=O)[C@@H]4[C@@H]3CC3=C2C(=O)C=C(Br)C3=O)cc(I)c1O. The summed E-state index contributed by atoms with van der Waals surface area (Å²) in [5.74, 6) is -2.64. The Bertz CT molecular complexity index is 1720. The number of ketones is 2. The molecule has 2 aromatic rings. The van der Waals surface area contributed by atoms with E-state index in [1.165, 1.54) is 18.7 Å². The Kier molecular flexibility index (Phi) is 8.10. The number of allylic oxidation sites excluding steroid dienone is 6. The van der Waals surface area contributed by atoms with E-state index < -0.39 is 23.7 Å². The number of imide groups is 1. The number of fused-ring (bicyclic) bond motifs is 3. The van der Waals surface area contributed by atoms with Crippen molar-refractivity contribution < 1.29 is 29.0 Å². The molecule has 0 radical (unpaired) electrons. The molecule has 2 heterocycles. The second kappa shape index (κ2) is 11.9. The van der Waals surface area contributed by atoms with Gasteiger partial charge in [0.2, 0.25) is 11.8 Å². The number of Topliss-reactive ketones (excluding diaryl/α,β-unsaturated/α-hetero) is 1. The third-order valence-corrected chi connectivity index (χ3v) is 11.6. The van der Waals surface area contributed by atoms with Gasteiger partial charge in [0.1, 0.15) is 0 Å². The van der Waals surface area contributed by atoms with Gasteiger partial charge >= 0.3 is 0 Å². The third-order valence-electron chi connectivity index (χ3n) is 10.1. The highest BCUT2D eigenvalue weighted by atomic mass is 127.